The fraction of sp³-hybridized carbons (Fsp3) is 0.750. The van der Waals surface area contributed by atoms with E-state index in [1.807, 2.05) is 19.4 Å². The molecule has 0 aliphatic heterocycles. The molecule has 1 heterocycles. The van der Waals surface area contributed by atoms with Crippen molar-refractivity contribution in [2.75, 3.05) is 0 Å². The summed E-state index contributed by atoms with van der Waals surface area (Å²) < 4.78 is 2.23. The van der Waals surface area contributed by atoms with Gasteiger partial charge in [-0.05, 0) is 25.2 Å². The van der Waals surface area contributed by atoms with E-state index >= 15 is 0 Å². The minimum absolute atomic E-state index is 0.0810. The summed E-state index contributed by atoms with van der Waals surface area (Å²) in [7, 11) is 0. The molecule has 1 aromatic rings. The Balaban J connectivity index is 2.13. The van der Waals surface area contributed by atoms with Gasteiger partial charge < -0.3 is 10.3 Å². The average Bonchev–Trinajstić information content (AvgIpc) is 2.75. The largest absolute Gasteiger partial charge is 0.333 e. The van der Waals surface area contributed by atoms with Gasteiger partial charge in [0.05, 0.1) is 12.0 Å². The van der Waals surface area contributed by atoms with E-state index in [-0.39, 0.29) is 6.04 Å². The SMILES string of the molecule is C[C@H](N)c1cncn1CC1(C)CCCC1. The highest BCUT2D eigenvalue weighted by Crippen LogP contribution is 2.39. The molecule has 0 aromatic carbocycles. The predicted molar refractivity (Wildman–Crippen MR) is 61.4 cm³/mol. The molecule has 1 atom stereocenters. The van der Waals surface area contributed by atoms with E-state index in [4.69, 9.17) is 5.73 Å². The lowest BCUT2D eigenvalue weighted by Crippen LogP contribution is -2.22. The molecule has 1 aliphatic carbocycles. The number of hydrogen-bond acceptors (Lipinski definition) is 2. The Bertz CT molecular complexity index is 321. The van der Waals surface area contributed by atoms with Crippen LogP contribution >= 0.6 is 0 Å². The van der Waals surface area contributed by atoms with Gasteiger partial charge in [-0.25, -0.2) is 4.98 Å². The number of imidazole rings is 1. The molecule has 2 N–H and O–H groups in total. The van der Waals surface area contributed by atoms with Crippen LogP contribution in [0.3, 0.4) is 0 Å². The Kier molecular flexibility index (Phi) is 2.83. The van der Waals surface area contributed by atoms with Crippen LogP contribution in [-0.4, -0.2) is 9.55 Å². The standard InChI is InChI=1S/C12H21N3/c1-10(13)11-7-14-9-15(11)8-12(2)5-3-4-6-12/h7,9-10H,3-6,8,13H2,1-2H3/t10-/m0/s1. The Labute approximate surface area is 91.7 Å². The third-order valence-corrected chi connectivity index (χ3v) is 3.57. The Hall–Kier alpha value is -0.830. The van der Waals surface area contributed by atoms with Crippen molar-refractivity contribution in [2.45, 2.75) is 52.1 Å². The van der Waals surface area contributed by atoms with Crippen molar-refractivity contribution in [3.63, 3.8) is 0 Å². The molecule has 0 bridgehead atoms. The van der Waals surface area contributed by atoms with Gasteiger partial charge in [0.15, 0.2) is 0 Å². The van der Waals surface area contributed by atoms with Gasteiger partial charge in [-0.1, -0.05) is 19.8 Å². The van der Waals surface area contributed by atoms with Crippen molar-refractivity contribution < 1.29 is 0 Å². The first-order valence-electron chi connectivity index (χ1n) is 5.86. The summed E-state index contributed by atoms with van der Waals surface area (Å²) in [6, 6.07) is 0.0810. The van der Waals surface area contributed by atoms with Crippen LogP contribution in [0.25, 0.3) is 0 Å². The van der Waals surface area contributed by atoms with E-state index in [0.717, 1.165) is 12.2 Å². The van der Waals surface area contributed by atoms with E-state index in [9.17, 15) is 0 Å². The minimum Gasteiger partial charge on any atom is -0.333 e. The third kappa shape index (κ3) is 2.23. The van der Waals surface area contributed by atoms with Crippen molar-refractivity contribution in [2.24, 2.45) is 11.1 Å². The maximum atomic E-state index is 5.92. The van der Waals surface area contributed by atoms with Crippen LogP contribution in [0.15, 0.2) is 12.5 Å². The number of nitrogens with two attached hydrogens (primary N) is 1. The van der Waals surface area contributed by atoms with Crippen LogP contribution in [0.2, 0.25) is 0 Å². The van der Waals surface area contributed by atoms with Crippen LogP contribution in [0.4, 0.5) is 0 Å². The fourth-order valence-corrected chi connectivity index (χ4v) is 2.64. The smallest absolute Gasteiger partial charge is 0.0948 e. The van der Waals surface area contributed by atoms with E-state index in [0.29, 0.717) is 5.41 Å². The lowest BCUT2D eigenvalue weighted by Gasteiger charge is -2.25. The van der Waals surface area contributed by atoms with Crippen LogP contribution < -0.4 is 5.73 Å². The van der Waals surface area contributed by atoms with E-state index < -0.39 is 0 Å². The Morgan fingerprint density at radius 2 is 2.20 bits per heavy atom. The molecule has 1 fully saturated rings. The summed E-state index contributed by atoms with van der Waals surface area (Å²) in [5, 5.41) is 0. The lowest BCUT2D eigenvalue weighted by molar-refractivity contribution is 0.276. The molecule has 0 amide bonds. The first-order chi connectivity index (χ1) is 7.11. The lowest BCUT2D eigenvalue weighted by atomic mass is 9.89. The summed E-state index contributed by atoms with van der Waals surface area (Å²) in [6.45, 7) is 5.47. The van der Waals surface area contributed by atoms with Gasteiger partial charge in [0.2, 0.25) is 0 Å². The van der Waals surface area contributed by atoms with Gasteiger partial charge in [0.1, 0.15) is 0 Å². The van der Waals surface area contributed by atoms with E-state index in [2.05, 4.69) is 16.5 Å². The van der Waals surface area contributed by atoms with Crippen LogP contribution in [0.1, 0.15) is 51.3 Å². The van der Waals surface area contributed by atoms with Crippen molar-refractivity contribution in [1.82, 2.24) is 9.55 Å². The van der Waals surface area contributed by atoms with Crippen LogP contribution in [-0.2, 0) is 6.54 Å². The van der Waals surface area contributed by atoms with Gasteiger partial charge in [-0.2, -0.15) is 0 Å². The predicted octanol–water partition coefficient (Wildman–Crippen LogP) is 2.48. The van der Waals surface area contributed by atoms with Gasteiger partial charge in [-0.3, -0.25) is 0 Å². The molecule has 1 aromatic heterocycles. The van der Waals surface area contributed by atoms with E-state index in [1.54, 1.807) is 0 Å². The molecule has 15 heavy (non-hydrogen) atoms. The summed E-state index contributed by atoms with van der Waals surface area (Å²) in [4.78, 5) is 4.20. The highest BCUT2D eigenvalue weighted by Gasteiger charge is 2.29. The second kappa shape index (κ2) is 3.97. The molecule has 0 radical (unpaired) electrons. The quantitative estimate of drug-likeness (QED) is 0.827. The van der Waals surface area contributed by atoms with Crippen molar-refractivity contribution in [3.05, 3.63) is 18.2 Å². The summed E-state index contributed by atoms with van der Waals surface area (Å²) in [6.07, 6.45) is 9.23. The minimum atomic E-state index is 0.0810. The van der Waals surface area contributed by atoms with Gasteiger partial charge in [0.25, 0.3) is 0 Å². The first kappa shape index (κ1) is 10.7. The van der Waals surface area contributed by atoms with Gasteiger partial charge in [-0.15, -0.1) is 0 Å². The molecular formula is C12H21N3. The zero-order valence-electron chi connectivity index (χ0n) is 9.74. The molecule has 3 heteroatoms. The molecule has 84 valence electrons. The molecule has 0 unspecified atom stereocenters. The Morgan fingerprint density at radius 3 is 2.80 bits per heavy atom. The number of nitrogens with zero attached hydrogens (tertiary/aromatic N) is 2. The zero-order valence-corrected chi connectivity index (χ0v) is 9.74. The summed E-state index contributed by atoms with van der Waals surface area (Å²) in [5.41, 5.74) is 7.53. The monoisotopic (exact) mass is 207 g/mol. The topological polar surface area (TPSA) is 43.8 Å². The maximum absolute atomic E-state index is 5.92. The second-order valence-electron chi connectivity index (χ2n) is 5.25. The summed E-state index contributed by atoms with van der Waals surface area (Å²) >= 11 is 0. The molecule has 0 saturated heterocycles. The third-order valence-electron chi connectivity index (χ3n) is 3.57. The fourth-order valence-electron chi connectivity index (χ4n) is 2.64. The molecule has 1 saturated carbocycles. The normalized spacial score (nSPS) is 21.8. The van der Waals surface area contributed by atoms with Crippen molar-refractivity contribution in [3.8, 4) is 0 Å². The highest BCUT2D eigenvalue weighted by molar-refractivity contribution is 5.04. The van der Waals surface area contributed by atoms with E-state index in [1.165, 1.54) is 25.7 Å². The van der Waals surface area contributed by atoms with Crippen molar-refractivity contribution >= 4 is 0 Å². The molecule has 0 spiro atoms. The summed E-state index contributed by atoms with van der Waals surface area (Å²) in [5.74, 6) is 0. The van der Waals surface area contributed by atoms with Gasteiger partial charge in [0, 0.05) is 18.8 Å². The number of rotatable bonds is 3. The maximum Gasteiger partial charge on any atom is 0.0948 e. The molecular weight excluding hydrogens is 186 g/mol. The highest BCUT2D eigenvalue weighted by atomic mass is 15.1. The number of aromatic nitrogens is 2. The molecule has 1 aliphatic rings. The van der Waals surface area contributed by atoms with Crippen LogP contribution in [0, 0.1) is 5.41 Å². The van der Waals surface area contributed by atoms with Crippen molar-refractivity contribution in [1.29, 1.82) is 0 Å². The van der Waals surface area contributed by atoms with Crippen LogP contribution in [0.5, 0.6) is 0 Å². The number of hydrogen-bond donors (Lipinski definition) is 1. The Morgan fingerprint density at radius 1 is 1.53 bits per heavy atom. The zero-order chi connectivity index (χ0) is 10.9. The first-order valence-corrected chi connectivity index (χ1v) is 5.86. The average molecular weight is 207 g/mol. The second-order valence-corrected chi connectivity index (χ2v) is 5.25. The molecule has 3 nitrogen and oxygen atoms in total. The van der Waals surface area contributed by atoms with Gasteiger partial charge >= 0.3 is 0 Å². The molecule has 2 rings (SSSR count).